The molecule has 1 aliphatic heterocycles. The minimum atomic E-state index is 0. The zero-order valence-corrected chi connectivity index (χ0v) is 18.2. The largest absolute Gasteiger partial charge is 0.353 e. The Bertz CT molecular complexity index is 561. The van der Waals surface area contributed by atoms with Crippen LogP contribution in [0.3, 0.4) is 0 Å². The summed E-state index contributed by atoms with van der Waals surface area (Å²) < 4.78 is 0. The van der Waals surface area contributed by atoms with Crippen molar-refractivity contribution in [1.29, 1.82) is 0 Å². The first-order valence-electron chi connectivity index (χ1n) is 10.3. The highest BCUT2D eigenvalue weighted by molar-refractivity contribution is 14.0. The predicted molar refractivity (Wildman–Crippen MR) is 115 cm³/mol. The molecular formula is C19H33IN6. The van der Waals surface area contributed by atoms with Gasteiger partial charge in [0.15, 0.2) is 5.96 Å². The van der Waals surface area contributed by atoms with Crippen molar-refractivity contribution in [1.82, 2.24) is 25.4 Å². The van der Waals surface area contributed by atoms with Gasteiger partial charge in [-0.15, -0.1) is 24.0 Å². The molecule has 7 heteroatoms. The summed E-state index contributed by atoms with van der Waals surface area (Å²) >= 11 is 0. The van der Waals surface area contributed by atoms with E-state index in [0.717, 1.165) is 56.1 Å². The second-order valence-corrected chi connectivity index (χ2v) is 7.98. The number of aromatic amines is 1. The number of likely N-dealkylation sites (tertiary alicyclic amines) is 1. The van der Waals surface area contributed by atoms with Crippen molar-refractivity contribution in [2.24, 2.45) is 16.8 Å². The summed E-state index contributed by atoms with van der Waals surface area (Å²) in [7, 11) is 0. The fourth-order valence-electron chi connectivity index (χ4n) is 4.79. The number of rotatable bonds is 4. The van der Waals surface area contributed by atoms with Crippen molar-refractivity contribution in [3.63, 3.8) is 0 Å². The fourth-order valence-corrected chi connectivity index (χ4v) is 4.79. The van der Waals surface area contributed by atoms with Crippen molar-refractivity contribution in [2.45, 2.75) is 70.3 Å². The third-order valence-corrected chi connectivity index (χ3v) is 6.33. The molecule has 6 nitrogen and oxygen atoms in total. The minimum absolute atomic E-state index is 0. The standard InChI is InChI=1S/C19H32N6.HI/c1-2-20-19(23-17-12-16(17)14-6-4-3-5-7-14)25-10-8-15(9-11-25)18-21-13-22-24-18;/h13-17H,2-12H2,1H3,(H,20,23)(H,21,22,24);1H. The number of piperidine rings is 1. The molecule has 26 heavy (non-hydrogen) atoms. The lowest BCUT2D eigenvalue weighted by atomic mass is 9.85. The first-order valence-corrected chi connectivity index (χ1v) is 10.3. The number of hydrogen-bond donors (Lipinski definition) is 2. The number of halogens is 1. The second kappa shape index (κ2) is 9.37. The van der Waals surface area contributed by atoms with Crippen LogP contribution in [0.25, 0.3) is 0 Å². The SMILES string of the molecule is CCN=C(NC1CC1C1CCCCC1)N1CCC(c2ncn[nH]2)CC1.I. The number of H-pyrrole nitrogens is 1. The van der Waals surface area contributed by atoms with E-state index >= 15 is 0 Å². The van der Waals surface area contributed by atoms with Crippen LogP contribution in [0.4, 0.5) is 0 Å². The molecule has 4 rings (SSSR count). The normalized spacial score (nSPS) is 27.9. The molecule has 1 aromatic heterocycles. The van der Waals surface area contributed by atoms with Gasteiger partial charge in [-0.25, -0.2) is 4.98 Å². The molecule has 2 heterocycles. The number of aromatic nitrogens is 3. The highest BCUT2D eigenvalue weighted by Gasteiger charge is 2.44. The van der Waals surface area contributed by atoms with Crippen molar-refractivity contribution < 1.29 is 0 Å². The highest BCUT2D eigenvalue weighted by Crippen LogP contribution is 2.44. The van der Waals surface area contributed by atoms with Gasteiger partial charge in [0.2, 0.25) is 0 Å². The Labute approximate surface area is 174 Å². The third-order valence-electron chi connectivity index (χ3n) is 6.33. The van der Waals surface area contributed by atoms with E-state index in [1.165, 1.54) is 38.5 Å². The number of nitrogens with zero attached hydrogens (tertiary/aromatic N) is 4. The van der Waals surface area contributed by atoms with E-state index < -0.39 is 0 Å². The minimum Gasteiger partial charge on any atom is -0.353 e. The van der Waals surface area contributed by atoms with Crippen LogP contribution >= 0.6 is 24.0 Å². The van der Waals surface area contributed by atoms with Gasteiger partial charge in [-0.1, -0.05) is 32.1 Å². The number of hydrogen-bond acceptors (Lipinski definition) is 3. The molecule has 3 fully saturated rings. The lowest BCUT2D eigenvalue weighted by molar-refractivity contribution is 0.292. The van der Waals surface area contributed by atoms with Gasteiger partial charge in [0.05, 0.1) is 0 Å². The molecular weight excluding hydrogens is 439 g/mol. The first kappa shape index (κ1) is 19.9. The second-order valence-electron chi connectivity index (χ2n) is 7.98. The quantitative estimate of drug-likeness (QED) is 0.400. The van der Waals surface area contributed by atoms with Gasteiger partial charge in [0.25, 0.3) is 0 Å². The lowest BCUT2D eigenvalue weighted by Gasteiger charge is -2.34. The Morgan fingerprint density at radius 2 is 2.00 bits per heavy atom. The highest BCUT2D eigenvalue weighted by atomic mass is 127. The van der Waals surface area contributed by atoms with Crippen LogP contribution in [0.5, 0.6) is 0 Å². The van der Waals surface area contributed by atoms with Gasteiger partial charge < -0.3 is 10.2 Å². The average Bonchev–Trinajstić information content (AvgIpc) is 3.21. The fraction of sp³-hybridized carbons (Fsp3) is 0.842. The van der Waals surface area contributed by atoms with Crippen molar-refractivity contribution >= 4 is 29.9 Å². The van der Waals surface area contributed by atoms with E-state index in [1.54, 1.807) is 6.33 Å². The summed E-state index contributed by atoms with van der Waals surface area (Å²) in [4.78, 5) is 11.6. The maximum absolute atomic E-state index is 4.79. The maximum Gasteiger partial charge on any atom is 0.194 e. The van der Waals surface area contributed by atoms with E-state index in [4.69, 9.17) is 4.99 Å². The van der Waals surface area contributed by atoms with Crippen LogP contribution in [0.1, 0.15) is 70.0 Å². The van der Waals surface area contributed by atoms with Gasteiger partial charge in [0.1, 0.15) is 12.2 Å². The zero-order chi connectivity index (χ0) is 17.1. The lowest BCUT2D eigenvalue weighted by Crippen LogP contribution is -2.46. The van der Waals surface area contributed by atoms with Gasteiger partial charge in [-0.05, 0) is 38.0 Å². The van der Waals surface area contributed by atoms with E-state index in [9.17, 15) is 0 Å². The molecule has 146 valence electrons. The first-order chi connectivity index (χ1) is 12.3. The molecule has 0 spiro atoms. The molecule has 0 amide bonds. The molecule has 2 atom stereocenters. The predicted octanol–water partition coefficient (Wildman–Crippen LogP) is 3.54. The number of aliphatic imine (C=N–C) groups is 1. The summed E-state index contributed by atoms with van der Waals surface area (Å²) in [6.07, 6.45) is 12.4. The average molecular weight is 472 g/mol. The molecule has 0 radical (unpaired) electrons. The monoisotopic (exact) mass is 472 g/mol. The van der Waals surface area contributed by atoms with Crippen molar-refractivity contribution in [3.05, 3.63) is 12.2 Å². The van der Waals surface area contributed by atoms with Gasteiger partial charge in [-0.2, -0.15) is 5.10 Å². The van der Waals surface area contributed by atoms with Gasteiger partial charge in [0, 0.05) is 31.6 Å². The summed E-state index contributed by atoms with van der Waals surface area (Å²) in [6.45, 7) is 5.09. The van der Waals surface area contributed by atoms with E-state index in [0.29, 0.717) is 12.0 Å². The molecule has 3 aliphatic rings. The Balaban J connectivity index is 0.00000196. The molecule has 0 bridgehead atoms. The topological polar surface area (TPSA) is 69.2 Å². The Hall–Kier alpha value is -0.860. The van der Waals surface area contributed by atoms with Crippen molar-refractivity contribution in [2.75, 3.05) is 19.6 Å². The van der Waals surface area contributed by atoms with Gasteiger partial charge in [-0.3, -0.25) is 10.1 Å². The molecule has 2 saturated carbocycles. The third kappa shape index (κ3) is 4.70. The zero-order valence-electron chi connectivity index (χ0n) is 15.9. The summed E-state index contributed by atoms with van der Waals surface area (Å²) in [6, 6.07) is 0.667. The molecule has 0 aromatic carbocycles. The molecule has 2 N–H and O–H groups in total. The van der Waals surface area contributed by atoms with Gasteiger partial charge >= 0.3 is 0 Å². The number of nitrogens with one attached hydrogen (secondary N) is 2. The van der Waals surface area contributed by atoms with Crippen molar-refractivity contribution in [3.8, 4) is 0 Å². The summed E-state index contributed by atoms with van der Waals surface area (Å²) in [5, 5.41) is 10.8. The van der Waals surface area contributed by atoms with Crippen LogP contribution in [-0.4, -0.2) is 51.7 Å². The Kier molecular flexibility index (Phi) is 7.17. The van der Waals surface area contributed by atoms with Crippen LogP contribution in [0, 0.1) is 11.8 Å². The van der Waals surface area contributed by atoms with Crippen LogP contribution in [-0.2, 0) is 0 Å². The van der Waals surface area contributed by atoms with E-state index in [1.807, 2.05) is 0 Å². The summed E-state index contributed by atoms with van der Waals surface area (Å²) in [5.41, 5.74) is 0. The molecule has 1 saturated heterocycles. The molecule has 2 unspecified atom stereocenters. The Morgan fingerprint density at radius 3 is 2.65 bits per heavy atom. The summed E-state index contributed by atoms with van der Waals surface area (Å²) in [5.74, 6) is 4.56. The smallest absolute Gasteiger partial charge is 0.194 e. The molecule has 1 aromatic rings. The van der Waals surface area contributed by atoms with E-state index in [2.05, 4.69) is 32.3 Å². The molecule has 2 aliphatic carbocycles. The maximum atomic E-state index is 4.79. The van der Waals surface area contributed by atoms with Crippen LogP contribution < -0.4 is 5.32 Å². The van der Waals surface area contributed by atoms with Crippen LogP contribution in [0.15, 0.2) is 11.3 Å². The Morgan fingerprint density at radius 1 is 1.23 bits per heavy atom. The van der Waals surface area contributed by atoms with E-state index in [-0.39, 0.29) is 24.0 Å². The van der Waals surface area contributed by atoms with Crippen LogP contribution in [0.2, 0.25) is 0 Å². The number of guanidine groups is 1.